The fourth-order valence-corrected chi connectivity index (χ4v) is 4.97. The molecule has 39 heavy (non-hydrogen) atoms. The van der Waals surface area contributed by atoms with Crippen LogP contribution >= 0.6 is 0 Å². The molecule has 0 saturated heterocycles. The van der Waals surface area contributed by atoms with Crippen LogP contribution in [0.4, 0.5) is 0 Å². The highest BCUT2D eigenvalue weighted by Gasteiger charge is 2.32. The summed E-state index contributed by atoms with van der Waals surface area (Å²) in [4.78, 5) is 29.3. The van der Waals surface area contributed by atoms with Gasteiger partial charge in [-0.3, -0.25) is 9.59 Å². The molecule has 7 heteroatoms. The van der Waals surface area contributed by atoms with Crippen LogP contribution in [0, 0.1) is 0 Å². The molecule has 0 aromatic heterocycles. The van der Waals surface area contributed by atoms with E-state index in [2.05, 4.69) is 5.32 Å². The maximum absolute atomic E-state index is 13.8. The minimum atomic E-state index is -0.701. The van der Waals surface area contributed by atoms with E-state index in [-0.39, 0.29) is 31.0 Å². The summed E-state index contributed by atoms with van der Waals surface area (Å²) in [6.45, 7) is 0.0515. The smallest absolute Gasteiger partial charge is 0.261 e. The average Bonchev–Trinajstić information content (AvgIpc) is 2.99. The molecule has 1 aliphatic carbocycles. The number of nitrogens with one attached hydrogen (secondary N) is 1. The third kappa shape index (κ3) is 8.24. The van der Waals surface area contributed by atoms with Crippen molar-refractivity contribution in [1.82, 2.24) is 10.2 Å². The third-order valence-electron chi connectivity index (χ3n) is 7.13. The van der Waals surface area contributed by atoms with Gasteiger partial charge in [-0.2, -0.15) is 0 Å². The minimum Gasteiger partial charge on any atom is -0.497 e. The Kier molecular flexibility index (Phi) is 10.2. The number of hydrogen-bond donors (Lipinski definition) is 1. The van der Waals surface area contributed by atoms with Crippen LogP contribution in [0.3, 0.4) is 0 Å². The van der Waals surface area contributed by atoms with Crippen LogP contribution < -0.4 is 19.5 Å². The number of carbonyl (C=O) groups is 2. The van der Waals surface area contributed by atoms with Crippen LogP contribution in [0.2, 0.25) is 0 Å². The summed E-state index contributed by atoms with van der Waals surface area (Å²) in [7, 11) is 3.21. The molecule has 1 atom stereocenters. The number of amides is 2. The molecular formula is C32H38N2O5. The van der Waals surface area contributed by atoms with Gasteiger partial charge in [0.2, 0.25) is 5.91 Å². The minimum absolute atomic E-state index is 0.133. The number of methoxy groups -OCH3 is 2. The van der Waals surface area contributed by atoms with E-state index in [4.69, 9.17) is 14.2 Å². The average molecular weight is 531 g/mol. The second-order valence-electron chi connectivity index (χ2n) is 9.89. The number of ether oxygens (including phenoxy) is 3. The monoisotopic (exact) mass is 530 g/mol. The number of hydrogen-bond acceptors (Lipinski definition) is 5. The summed E-state index contributed by atoms with van der Waals surface area (Å²) < 4.78 is 16.5. The van der Waals surface area contributed by atoms with Gasteiger partial charge in [0.25, 0.3) is 5.91 Å². The maximum Gasteiger partial charge on any atom is 0.261 e. The zero-order chi connectivity index (χ0) is 27.5. The molecule has 0 unspecified atom stereocenters. The van der Waals surface area contributed by atoms with E-state index < -0.39 is 6.04 Å². The Morgan fingerprint density at radius 2 is 1.49 bits per heavy atom. The molecule has 3 aromatic carbocycles. The van der Waals surface area contributed by atoms with Gasteiger partial charge in [-0.15, -0.1) is 0 Å². The van der Waals surface area contributed by atoms with Crippen molar-refractivity contribution in [2.45, 2.75) is 57.2 Å². The van der Waals surface area contributed by atoms with Crippen LogP contribution in [0.15, 0.2) is 78.9 Å². The molecule has 1 N–H and O–H groups in total. The Hall–Kier alpha value is -4.00. The number of carbonyl (C=O) groups excluding carboxylic acids is 2. The van der Waals surface area contributed by atoms with Gasteiger partial charge in [0.15, 0.2) is 6.61 Å². The molecule has 0 radical (unpaired) electrons. The lowest BCUT2D eigenvalue weighted by molar-refractivity contribution is -0.143. The Morgan fingerprint density at radius 3 is 2.18 bits per heavy atom. The molecule has 1 saturated carbocycles. The molecule has 0 spiro atoms. The zero-order valence-electron chi connectivity index (χ0n) is 22.8. The molecule has 3 aromatic rings. The van der Waals surface area contributed by atoms with E-state index in [1.807, 2.05) is 54.6 Å². The highest BCUT2D eigenvalue weighted by atomic mass is 16.5. The highest BCUT2D eigenvalue weighted by Crippen LogP contribution is 2.22. The van der Waals surface area contributed by atoms with Gasteiger partial charge in [0, 0.05) is 19.0 Å². The fraction of sp³-hybridized carbons (Fsp3) is 0.375. The van der Waals surface area contributed by atoms with Crippen LogP contribution in [0.25, 0.3) is 0 Å². The second kappa shape index (κ2) is 14.2. The van der Waals surface area contributed by atoms with Crippen LogP contribution in [0.5, 0.6) is 17.2 Å². The van der Waals surface area contributed by atoms with Crippen molar-refractivity contribution in [2.75, 3.05) is 20.8 Å². The first-order chi connectivity index (χ1) is 19.1. The standard InChI is InChI=1S/C32H38N2O5/c1-37-27-16-18-28(19-17-27)39-23-31(35)34(22-25-12-9-15-29(20-25)38-2)30(21-24-10-5-3-6-11-24)32(36)33-26-13-7-4-8-14-26/h3,5-6,9-12,15-20,26,30H,4,7-8,13-14,21-23H2,1-2H3,(H,33,36)/t30-/m1/s1. The first kappa shape index (κ1) is 28.0. The van der Waals surface area contributed by atoms with E-state index in [1.54, 1.807) is 43.4 Å². The van der Waals surface area contributed by atoms with Crippen molar-refractivity contribution in [3.8, 4) is 17.2 Å². The molecule has 1 aliphatic rings. The molecule has 4 rings (SSSR count). The predicted molar refractivity (Wildman–Crippen MR) is 151 cm³/mol. The van der Waals surface area contributed by atoms with Gasteiger partial charge < -0.3 is 24.4 Å². The zero-order valence-corrected chi connectivity index (χ0v) is 22.8. The van der Waals surface area contributed by atoms with E-state index in [9.17, 15) is 9.59 Å². The van der Waals surface area contributed by atoms with Gasteiger partial charge in [-0.05, 0) is 60.4 Å². The summed E-state index contributed by atoms with van der Waals surface area (Å²) >= 11 is 0. The number of benzene rings is 3. The summed E-state index contributed by atoms with van der Waals surface area (Å²) in [6, 6.07) is 23.9. The lowest BCUT2D eigenvalue weighted by atomic mass is 9.94. The maximum atomic E-state index is 13.8. The highest BCUT2D eigenvalue weighted by molar-refractivity contribution is 5.88. The van der Waals surface area contributed by atoms with E-state index in [1.165, 1.54) is 6.42 Å². The van der Waals surface area contributed by atoms with Crippen LogP contribution in [0.1, 0.15) is 43.2 Å². The van der Waals surface area contributed by atoms with Crippen molar-refractivity contribution in [1.29, 1.82) is 0 Å². The van der Waals surface area contributed by atoms with E-state index >= 15 is 0 Å². The molecule has 0 aliphatic heterocycles. The molecule has 0 bridgehead atoms. The van der Waals surface area contributed by atoms with Crippen molar-refractivity contribution >= 4 is 11.8 Å². The van der Waals surface area contributed by atoms with E-state index in [0.717, 1.165) is 36.8 Å². The summed E-state index contributed by atoms with van der Waals surface area (Å²) in [5, 5.41) is 3.26. The summed E-state index contributed by atoms with van der Waals surface area (Å²) in [5.74, 6) is 1.55. The van der Waals surface area contributed by atoms with Gasteiger partial charge in [-0.25, -0.2) is 0 Å². The van der Waals surface area contributed by atoms with Gasteiger partial charge in [0.1, 0.15) is 23.3 Å². The summed E-state index contributed by atoms with van der Waals surface area (Å²) in [6.07, 6.45) is 5.75. The Morgan fingerprint density at radius 1 is 0.821 bits per heavy atom. The van der Waals surface area contributed by atoms with Crippen molar-refractivity contribution in [3.63, 3.8) is 0 Å². The predicted octanol–water partition coefficient (Wildman–Crippen LogP) is 5.17. The van der Waals surface area contributed by atoms with Crippen LogP contribution in [-0.2, 0) is 22.6 Å². The van der Waals surface area contributed by atoms with Gasteiger partial charge >= 0.3 is 0 Å². The molecule has 2 amide bonds. The fourth-order valence-electron chi connectivity index (χ4n) is 4.97. The molecule has 7 nitrogen and oxygen atoms in total. The SMILES string of the molecule is COc1ccc(OCC(=O)N(Cc2cccc(OC)c2)[C@H](Cc2ccccc2)C(=O)NC2CCCCC2)cc1. The Balaban J connectivity index is 1.60. The van der Waals surface area contributed by atoms with Gasteiger partial charge in [-0.1, -0.05) is 61.7 Å². The number of rotatable bonds is 12. The largest absolute Gasteiger partial charge is 0.497 e. The quantitative estimate of drug-likeness (QED) is 0.350. The normalized spacial score (nSPS) is 14.2. The van der Waals surface area contributed by atoms with E-state index in [0.29, 0.717) is 23.7 Å². The summed E-state index contributed by atoms with van der Waals surface area (Å²) in [5.41, 5.74) is 1.86. The Labute approximate surface area is 231 Å². The lowest BCUT2D eigenvalue weighted by Crippen LogP contribution is -2.53. The van der Waals surface area contributed by atoms with Crippen LogP contribution in [-0.4, -0.2) is 49.6 Å². The molecular weight excluding hydrogens is 492 g/mol. The van der Waals surface area contributed by atoms with Crippen molar-refractivity contribution in [2.24, 2.45) is 0 Å². The van der Waals surface area contributed by atoms with Crippen molar-refractivity contribution in [3.05, 3.63) is 90.0 Å². The third-order valence-corrected chi connectivity index (χ3v) is 7.13. The Bertz CT molecular complexity index is 1190. The first-order valence-electron chi connectivity index (χ1n) is 13.6. The topological polar surface area (TPSA) is 77.1 Å². The number of nitrogens with zero attached hydrogens (tertiary/aromatic N) is 1. The second-order valence-corrected chi connectivity index (χ2v) is 9.89. The van der Waals surface area contributed by atoms with Gasteiger partial charge in [0.05, 0.1) is 14.2 Å². The molecule has 0 heterocycles. The molecule has 1 fully saturated rings. The van der Waals surface area contributed by atoms with Crippen molar-refractivity contribution < 1.29 is 23.8 Å². The molecule has 206 valence electrons. The first-order valence-corrected chi connectivity index (χ1v) is 13.6. The lowest BCUT2D eigenvalue weighted by Gasteiger charge is -2.33.